The molecule has 0 atom stereocenters. The molecule has 2 heterocycles. The maximum atomic E-state index is 11.8. The summed E-state index contributed by atoms with van der Waals surface area (Å²) in [4.78, 5) is 26.8. The van der Waals surface area contributed by atoms with E-state index < -0.39 is 11.8 Å². The number of benzene rings is 1. The van der Waals surface area contributed by atoms with E-state index in [0.717, 1.165) is 5.69 Å². The van der Waals surface area contributed by atoms with Crippen molar-refractivity contribution in [2.75, 3.05) is 5.88 Å². The minimum Gasteiger partial charge on any atom is -0.328 e. The van der Waals surface area contributed by atoms with Crippen LogP contribution in [0.4, 0.5) is 0 Å². The molecular weight excluding hydrogens is 334 g/mol. The Hall–Kier alpha value is -3.13. The molecule has 0 aliphatic rings. The van der Waals surface area contributed by atoms with Crippen molar-refractivity contribution in [3.05, 3.63) is 54.7 Å². The van der Waals surface area contributed by atoms with Gasteiger partial charge in [0.1, 0.15) is 5.88 Å². The molecule has 0 saturated carbocycles. The highest BCUT2D eigenvalue weighted by Crippen LogP contribution is 2.19. The summed E-state index contributed by atoms with van der Waals surface area (Å²) in [6.07, 6.45) is 3.82. The molecule has 0 saturated heterocycles. The monoisotopic (exact) mass is 345 g/mol. The number of carbonyl (C=O) groups excluding carboxylic acids is 2. The van der Waals surface area contributed by atoms with Gasteiger partial charge >= 0.3 is 11.8 Å². The van der Waals surface area contributed by atoms with Crippen molar-refractivity contribution in [1.29, 1.82) is 0 Å². The molecule has 8 nitrogen and oxygen atoms in total. The number of hydrogen-bond acceptors (Lipinski definition) is 5. The van der Waals surface area contributed by atoms with Crippen LogP contribution in [0.25, 0.3) is 17.1 Å². The molecule has 0 bridgehead atoms. The van der Waals surface area contributed by atoms with Gasteiger partial charge in [-0.3, -0.25) is 20.4 Å². The Labute approximate surface area is 141 Å². The van der Waals surface area contributed by atoms with Gasteiger partial charge in [0, 0.05) is 23.6 Å². The molecule has 3 aromatic rings. The Morgan fingerprint density at radius 3 is 2.71 bits per heavy atom. The third-order valence-electron chi connectivity index (χ3n) is 3.06. The van der Waals surface area contributed by atoms with Gasteiger partial charge in [-0.25, -0.2) is 0 Å². The van der Waals surface area contributed by atoms with E-state index in [-0.39, 0.29) is 17.6 Å². The number of nitrogens with one attached hydrogen (secondary N) is 2. The summed E-state index contributed by atoms with van der Waals surface area (Å²) in [7, 11) is 0. The van der Waals surface area contributed by atoms with Gasteiger partial charge in [0.25, 0.3) is 5.91 Å². The lowest BCUT2D eigenvalue weighted by atomic mass is 10.2. The predicted molar refractivity (Wildman–Crippen MR) is 85.4 cm³/mol. The highest BCUT2D eigenvalue weighted by atomic mass is 35.5. The lowest BCUT2D eigenvalue weighted by Gasteiger charge is -2.03. The zero-order valence-electron chi connectivity index (χ0n) is 12.3. The van der Waals surface area contributed by atoms with Crippen molar-refractivity contribution < 1.29 is 14.1 Å². The average molecular weight is 346 g/mol. The molecule has 2 aromatic heterocycles. The number of alkyl halides is 1. The van der Waals surface area contributed by atoms with Gasteiger partial charge < -0.3 is 9.09 Å². The summed E-state index contributed by atoms with van der Waals surface area (Å²) in [5, 5.41) is 3.78. The van der Waals surface area contributed by atoms with Gasteiger partial charge in [-0.15, -0.1) is 11.6 Å². The standard InChI is InChI=1S/C15H12ClN5O3/c16-9-12(22)18-19-14(23)15-17-13(20-24-15)10-4-3-5-11(8-10)21-6-1-2-7-21/h1-8H,9H2,(H,18,22)(H,19,23). The van der Waals surface area contributed by atoms with E-state index in [1.54, 1.807) is 6.07 Å². The third-order valence-corrected chi connectivity index (χ3v) is 3.31. The Kier molecular flexibility index (Phi) is 4.57. The predicted octanol–water partition coefficient (Wildman–Crippen LogP) is 1.53. The van der Waals surface area contributed by atoms with Crippen LogP contribution < -0.4 is 10.9 Å². The first-order chi connectivity index (χ1) is 11.7. The first kappa shape index (κ1) is 15.8. The first-order valence-electron chi connectivity index (χ1n) is 6.90. The topological polar surface area (TPSA) is 102 Å². The number of amides is 2. The van der Waals surface area contributed by atoms with Gasteiger partial charge in [-0.2, -0.15) is 4.98 Å². The minimum absolute atomic E-state index is 0.262. The molecule has 0 radical (unpaired) electrons. The van der Waals surface area contributed by atoms with E-state index >= 15 is 0 Å². The average Bonchev–Trinajstić information content (AvgIpc) is 3.31. The van der Waals surface area contributed by atoms with Crippen LogP contribution in [-0.4, -0.2) is 32.4 Å². The van der Waals surface area contributed by atoms with Crippen LogP contribution >= 0.6 is 11.6 Å². The van der Waals surface area contributed by atoms with Crippen LogP contribution in [0, 0.1) is 0 Å². The molecule has 2 N–H and O–H groups in total. The van der Waals surface area contributed by atoms with E-state index in [4.69, 9.17) is 16.1 Å². The van der Waals surface area contributed by atoms with Crippen molar-refractivity contribution in [3.63, 3.8) is 0 Å². The number of nitrogens with zero attached hydrogens (tertiary/aromatic N) is 3. The molecule has 0 fully saturated rings. The fourth-order valence-corrected chi connectivity index (χ4v) is 2.03. The smallest absolute Gasteiger partial charge is 0.328 e. The Balaban J connectivity index is 1.77. The van der Waals surface area contributed by atoms with Gasteiger partial charge in [0.05, 0.1) is 0 Å². The number of hydrazine groups is 1. The summed E-state index contributed by atoms with van der Waals surface area (Å²) >= 11 is 5.31. The summed E-state index contributed by atoms with van der Waals surface area (Å²) in [6, 6.07) is 11.3. The second kappa shape index (κ2) is 6.97. The summed E-state index contributed by atoms with van der Waals surface area (Å²) in [5.41, 5.74) is 5.84. The molecule has 9 heteroatoms. The Morgan fingerprint density at radius 2 is 1.96 bits per heavy atom. The molecule has 1 aromatic carbocycles. The van der Waals surface area contributed by atoms with E-state index in [9.17, 15) is 9.59 Å². The fraction of sp³-hybridized carbons (Fsp3) is 0.0667. The van der Waals surface area contributed by atoms with Gasteiger partial charge in [0.2, 0.25) is 5.82 Å². The molecule has 122 valence electrons. The Morgan fingerprint density at radius 1 is 1.17 bits per heavy atom. The lowest BCUT2D eigenvalue weighted by Crippen LogP contribution is -2.42. The van der Waals surface area contributed by atoms with Crippen LogP contribution in [0.3, 0.4) is 0 Å². The number of rotatable bonds is 4. The first-order valence-corrected chi connectivity index (χ1v) is 7.43. The second-order valence-electron chi connectivity index (χ2n) is 4.70. The molecule has 24 heavy (non-hydrogen) atoms. The molecular formula is C15H12ClN5O3. The van der Waals surface area contributed by atoms with Gasteiger partial charge in [-0.05, 0) is 24.3 Å². The number of aromatic nitrogens is 3. The zero-order valence-corrected chi connectivity index (χ0v) is 13.0. The maximum Gasteiger partial charge on any atom is 0.328 e. The van der Waals surface area contributed by atoms with Crippen LogP contribution in [0.2, 0.25) is 0 Å². The van der Waals surface area contributed by atoms with E-state index in [2.05, 4.69) is 21.0 Å². The minimum atomic E-state index is -0.728. The number of hydrogen-bond donors (Lipinski definition) is 2. The largest absolute Gasteiger partial charge is 0.328 e. The van der Waals surface area contributed by atoms with Crippen molar-refractivity contribution >= 4 is 23.4 Å². The zero-order chi connectivity index (χ0) is 16.9. The summed E-state index contributed by atoms with van der Waals surface area (Å²) in [5.74, 6) is -1.57. The normalized spacial score (nSPS) is 10.4. The molecule has 0 spiro atoms. The van der Waals surface area contributed by atoms with E-state index in [1.807, 2.05) is 47.3 Å². The highest BCUT2D eigenvalue weighted by molar-refractivity contribution is 6.27. The van der Waals surface area contributed by atoms with Crippen molar-refractivity contribution in [3.8, 4) is 17.1 Å². The fourth-order valence-electron chi connectivity index (χ4n) is 1.96. The van der Waals surface area contributed by atoms with Crippen LogP contribution in [0.5, 0.6) is 0 Å². The summed E-state index contributed by atoms with van der Waals surface area (Å²) < 4.78 is 6.84. The number of carbonyl (C=O) groups is 2. The maximum absolute atomic E-state index is 11.8. The van der Waals surface area contributed by atoms with E-state index in [1.165, 1.54) is 0 Å². The van der Waals surface area contributed by atoms with Crippen LogP contribution in [-0.2, 0) is 4.79 Å². The van der Waals surface area contributed by atoms with Crippen LogP contribution in [0.15, 0.2) is 53.3 Å². The van der Waals surface area contributed by atoms with Crippen molar-refractivity contribution in [1.82, 2.24) is 25.6 Å². The summed E-state index contributed by atoms with van der Waals surface area (Å²) in [6.45, 7) is 0. The van der Waals surface area contributed by atoms with E-state index in [0.29, 0.717) is 5.56 Å². The molecule has 3 rings (SSSR count). The molecule has 0 aliphatic heterocycles. The molecule has 2 amide bonds. The molecule has 0 unspecified atom stereocenters. The molecule has 0 aliphatic carbocycles. The lowest BCUT2D eigenvalue weighted by molar-refractivity contribution is -0.119. The van der Waals surface area contributed by atoms with Crippen molar-refractivity contribution in [2.45, 2.75) is 0 Å². The van der Waals surface area contributed by atoms with Crippen LogP contribution in [0.1, 0.15) is 10.7 Å². The van der Waals surface area contributed by atoms with Crippen molar-refractivity contribution in [2.24, 2.45) is 0 Å². The quantitative estimate of drug-likeness (QED) is 0.551. The Bertz CT molecular complexity index is 860. The van der Waals surface area contributed by atoms with Gasteiger partial charge in [0.15, 0.2) is 0 Å². The number of halogens is 1. The second-order valence-corrected chi connectivity index (χ2v) is 4.97. The SMILES string of the molecule is O=C(CCl)NNC(=O)c1nc(-c2cccc(-n3cccc3)c2)no1. The van der Waals surface area contributed by atoms with Gasteiger partial charge in [-0.1, -0.05) is 17.3 Å². The highest BCUT2D eigenvalue weighted by Gasteiger charge is 2.16. The third kappa shape index (κ3) is 3.44.